The third-order valence-electron chi connectivity index (χ3n) is 3.77. The zero-order valence-electron chi connectivity index (χ0n) is 10.6. The Morgan fingerprint density at radius 2 is 1.85 bits per heavy atom. The Bertz CT molecular complexity index is 958. The van der Waals surface area contributed by atoms with Crippen LogP contribution in [0.1, 0.15) is 0 Å². The van der Waals surface area contributed by atoms with E-state index in [2.05, 4.69) is 70.1 Å². The van der Waals surface area contributed by atoms with Crippen LogP contribution in [-0.2, 0) is 0 Å². The Morgan fingerprint density at radius 3 is 2.85 bits per heavy atom. The Morgan fingerprint density at radius 1 is 1.00 bits per heavy atom. The summed E-state index contributed by atoms with van der Waals surface area (Å²) < 4.78 is 4.97. The van der Waals surface area contributed by atoms with Crippen LogP contribution in [0.3, 0.4) is 0 Å². The second-order valence-corrected chi connectivity index (χ2v) is 7.16. The predicted octanol–water partition coefficient (Wildman–Crippen LogP) is 2.89. The standard InChI is InChI=1S/C16H11N2S2/c1-3-7-13-11(5-1)17-10-18-12-6-2-4-8-14(12)20-16(18)9-15(17)19-13/h1-10,15H/q+1. The smallest absolute Gasteiger partial charge is 0.216 e. The van der Waals surface area contributed by atoms with Gasteiger partial charge in [-0.15, -0.1) is 0 Å². The molecule has 2 aromatic carbocycles. The fourth-order valence-corrected chi connectivity index (χ4v) is 5.20. The van der Waals surface area contributed by atoms with E-state index in [1.54, 1.807) is 0 Å². The van der Waals surface area contributed by atoms with Crippen molar-refractivity contribution in [2.45, 2.75) is 10.3 Å². The molecule has 5 rings (SSSR count). The monoisotopic (exact) mass is 295 g/mol. The van der Waals surface area contributed by atoms with E-state index in [1.807, 2.05) is 23.1 Å². The molecular formula is C16H11N2S2+. The quantitative estimate of drug-likeness (QED) is 0.590. The summed E-state index contributed by atoms with van der Waals surface area (Å²) in [4.78, 5) is 3.73. The van der Waals surface area contributed by atoms with E-state index >= 15 is 0 Å². The summed E-state index contributed by atoms with van der Waals surface area (Å²) >= 11 is 3.79. The largest absolute Gasteiger partial charge is 0.251 e. The highest BCUT2D eigenvalue weighted by Gasteiger charge is 2.36. The molecule has 2 aliphatic heterocycles. The fraction of sp³-hybridized carbons (Fsp3) is 0.0625. The van der Waals surface area contributed by atoms with Gasteiger partial charge >= 0.3 is 0 Å². The molecule has 96 valence electrons. The summed E-state index contributed by atoms with van der Waals surface area (Å²) in [5.41, 5.74) is 2.60. The predicted molar refractivity (Wildman–Crippen MR) is 84.4 cm³/mol. The Balaban J connectivity index is 1.84. The van der Waals surface area contributed by atoms with Crippen molar-refractivity contribution in [1.82, 2.24) is 0 Å². The van der Waals surface area contributed by atoms with Gasteiger partial charge in [-0.05, 0) is 24.3 Å². The summed E-state index contributed by atoms with van der Waals surface area (Å²) in [5.74, 6) is 0. The number of nitrogens with zero attached hydrogens (tertiary/aromatic N) is 2. The van der Waals surface area contributed by atoms with E-state index in [1.165, 1.54) is 25.5 Å². The highest BCUT2D eigenvalue weighted by atomic mass is 32.2. The van der Waals surface area contributed by atoms with E-state index in [9.17, 15) is 0 Å². The molecule has 2 nitrogen and oxygen atoms in total. The van der Waals surface area contributed by atoms with Crippen molar-refractivity contribution in [1.29, 1.82) is 0 Å². The molecule has 20 heavy (non-hydrogen) atoms. The van der Waals surface area contributed by atoms with Crippen molar-refractivity contribution < 1.29 is 4.24 Å². The van der Waals surface area contributed by atoms with Gasteiger partial charge in [0.1, 0.15) is 5.69 Å². The SMILES string of the molecule is C1=c2sc3ccccc3[n+]2=CN2c3ccccc3SC12. The first-order valence-electron chi connectivity index (χ1n) is 6.57. The van der Waals surface area contributed by atoms with Crippen LogP contribution in [-0.4, -0.2) is 5.37 Å². The molecule has 0 amide bonds. The minimum Gasteiger partial charge on any atom is -0.216 e. The van der Waals surface area contributed by atoms with Crippen molar-refractivity contribution in [3.8, 4) is 0 Å². The van der Waals surface area contributed by atoms with Crippen molar-refractivity contribution in [2.75, 3.05) is 4.90 Å². The lowest BCUT2D eigenvalue weighted by Crippen LogP contribution is -2.44. The third-order valence-corrected chi connectivity index (χ3v) is 6.08. The fourth-order valence-electron chi connectivity index (χ4n) is 2.84. The molecule has 0 bridgehead atoms. The zero-order chi connectivity index (χ0) is 13.1. The van der Waals surface area contributed by atoms with Gasteiger partial charge in [-0.25, -0.2) is 4.90 Å². The summed E-state index contributed by atoms with van der Waals surface area (Å²) in [6, 6.07) is 17.2. The third kappa shape index (κ3) is 1.38. The van der Waals surface area contributed by atoms with Crippen LogP contribution in [0.25, 0.3) is 16.3 Å². The Labute approximate surface area is 124 Å². The second kappa shape index (κ2) is 3.87. The van der Waals surface area contributed by atoms with Gasteiger partial charge in [0, 0.05) is 6.08 Å². The molecule has 0 saturated carbocycles. The maximum Gasteiger partial charge on any atom is 0.251 e. The average Bonchev–Trinajstić information content (AvgIpc) is 3.02. The number of para-hydroxylation sites is 2. The Hall–Kier alpha value is -1.78. The molecule has 1 atom stereocenters. The number of hydrogen-bond donors (Lipinski definition) is 0. The topological polar surface area (TPSA) is 9.14 Å². The van der Waals surface area contributed by atoms with Crippen LogP contribution in [0.5, 0.6) is 0 Å². The number of hydrogen-bond acceptors (Lipinski definition) is 3. The minimum absolute atomic E-state index is 0.389. The zero-order valence-corrected chi connectivity index (χ0v) is 12.2. The molecule has 0 N–H and O–H groups in total. The number of benzene rings is 2. The van der Waals surface area contributed by atoms with Crippen LogP contribution in [0.4, 0.5) is 5.69 Å². The summed E-state index contributed by atoms with van der Waals surface area (Å²) in [5, 5.41) is 0.389. The van der Waals surface area contributed by atoms with Crippen LogP contribution in [0, 0.1) is 6.34 Å². The minimum atomic E-state index is 0.389. The van der Waals surface area contributed by atoms with E-state index in [4.69, 9.17) is 0 Å². The molecule has 2 aliphatic rings. The van der Waals surface area contributed by atoms with Gasteiger partial charge in [0.05, 0.1) is 9.60 Å². The molecule has 3 aromatic rings. The molecule has 0 radical (unpaired) electrons. The van der Waals surface area contributed by atoms with Crippen LogP contribution < -0.4 is 13.8 Å². The summed E-state index contributed by atoms with van der Waals surface area (Å²) in [7, 11) is 0. The molecule has 0 aliphatic carbocycles. The molecule has 0 fully saturated rings. The molecule has 3 heterocycles. The number of anilines is 1. The first kappa shape index (κ1) is 10.9. The van der Waals surface area contributed by atoms with Crippen molar-refractivity contribution in [3.63, 3.8) is 0 Å². The van der Waals surface area contributed by atoms with Crippen molar-refractivity contribution in [3.05, 3.63) is 59.5 Å². The van der Waals surface area contributed by atoms with Crippen LogP contribution >= 0.6 is 23.1 Å². The molecular weight excluding hydrogens is 284 g/mol. The number of aromatic nitrogens is 1. The molecule has 0 saturated heterocycles. The second-order valence-electron chi connectivity index (χ2n) is 4.94. The van der Waals surface area contributed by atoms with Gasteiger partial charge in [-0.2, -0.15) is 4.24 Å². The van der Waals surface area contributed by atoms with Gasteiger partial charge in [-0.1, -0.05) is 47.4 Å². The highest BCUT2D eigenvalue weighted by molar-refractivity contribution is 8.00. The molecule has 4 heteroatoms. The van der Waals surface area contributed by atoms with Crippen molar-refractivity contribution in [2.24, 2.45) is 0 Å². The molecule has 1 aromatic heterocycles. The van der Waals surface area contributed by atoms with E-state index < -0.39 is 0 Å². The van der Waals surface area contributed by atoms with Gasteiger partial charge in [-0.3, -0.25) is 0 Å². The maximum atomic E-state index is 2.37. The number of thioether (sulfide) groups is 1. The maximum absolute atomic E-state index is 2.37. The summed E-state index contributed by atoms with van der Waals surface area (Å²) in [6.07, 6.45) is 4.62. The number of fused-ring (bicyclic) bond motifs is 6. The van der Waals surface area contributed by atoms with E-state index in [0.29, 0.717) is 5.37 Å². The van der Waals surface area contributed by atoms with Gasteiger partial charge < -0.3 is 0 Å². The van der Waals surface area contributed by atoms with Gasteiger partial charge in [0.25, 0.3) is 6.34 Å². The molecule has 1 unspecified atom stereocenters. The van der Waals surface area contributed by atoms with E-state index in [-0.39, 0.29) is 0 Å². The lowest BCUT2D eigenvalue weighted by atomic mass is 10.3. The lowest BCUT2D eigenvalue weighted by molar-refractivity contribution is -0.491. The first-order valence-corrected chi connectivity index (χ1v) is 8.27. The molecule has 0 spiro atoms. The highest BCUT2D eigenvalue weighted by Crippen LogP contribution is 2.43. The Kier molecular flexibility index (Phi) is 2.12. The number of thiazole rings is 1. The normalized spacial score (nSPS) is 19.0. The lowest BCUT2D eigenvalue weighted by Gasteiger charge is -2.12. The van der Waals surface area contributed by atoms with Gasteiger partial charge in [0.2, 0.25) is 0 Å². The van der Waals surface area contributed by atoms with Crippen LogP contribution in [0.15, 0.2) is 53.4 Å². The first-order chi connectivity index (χ1) is 9.90. The van der Waals surface area contributed by atoms with Gasteiger partial charge in [0.15, 0.2) is 15.6 Å². The van der Waals surface area contributed by atoms with E-state index in [0.717, 1.165) is 0 Å². The van der Waals surface area contributed by atoms with Crippen LogP contribution in [0.2, 0.25) is 0 Å². The van der Waals surface area contributed by atoms with Crippen molar-refractivity contribution >= 4 is 45.1 Å². The average molecular weight is 295 g/mol. The summed E-state index contributed by atoms with van der Waals surface area (Å²) in [6.45, 7) is 0. The number of rotatable bonds is 0.